The molecule has 0 radical (unpaired) electrons. The zero-order valence-electron chi connectivity index (χ0n) is 11.0. The van der Waals surface area contributed by atoms with Crippen LogP contribution in [-0.4, -0.2) is 27.7 Å². The minimum Gasteiger partial charge on any atom is -0.381 e. The Kier molecular flexibility index (Phi) is 3.04. The second kappa shape index (κ2) is 4.69. The van der Waals surface area contributed by atoms with Gasteiger partial charge in [-0.25, -0.2) is 4.98 Å². The Bertz CT molecular complexity index is 541. The highest BCUT2D eigenvalue weighted by molar-refractivity contribution is 5.74. The number of hydrogen-bond acceptors (Lipinski definition) is 3. The molecule has 0 aliphatic carbocycles. The van der Waals surface area contributed by atoms with E-state index >= 15 is 0 Å². The van der Waals surface area contributed by atoms with Gasteiger partial charge in [0.2, 0.25) is 0 Å². The van der Waals surface area contributed by atoms with Crippen LogP contribution in [0.25, 0.3) is 11.0 Å². The molecule has 0 spiro atoms. The summed E-state index contributed by atoms with van der Waals surface area (Å²) < 4.78 is 7.72. The molecule has 0 atom stereocenters. The molecule has 2 aromatic rings. The van der Waals surface area contributed by atoms with Crippen LogP contribution in [0, 0.1) is 0 Å². The Morgan fingerprint density at radius 3 is 2.78 bits per heavy atom. The van der Waals surface area contributed by atoms with Gasteiger partial charge in [0.05, 0.1) is 18.0 Å². The Morgan fingerprint density at radius 2 is 2.06 bits per heavy atom. The van der Waals surface area contributed by atoms with Crippen LogP contribution in [0.1, 0.15) is 44.3 Å². The van der Waals surface area contributed by atoms with E-state index in [1.165, 1.54) is 5.52 Å². The van der Waals surface area contributed by atoms with E-state index in [0.29, 0.717) is 12.0 Å². The number of pyridine rings is 1. The Balaban J connectivity index is 2.03. The van der Waals surface area contributed by atoms with Gasteiger partial charge in [0.25, 0.3) is 0 Å². The zero-order chi connectivity index (χ0) is 12.5. The van der Waals surface area contributed by atoms with Crippen molar-refractivity contribution >= 4 is 11.0 Å². The maximum atomic E-state index is 5.43. The molecule has 1 fully saturated rings. The van der Waals surface area contributed by atoms with Crippen molar-refractivity contribution in [3.05, 3.63) is 24.3 Å². The summed E-state index contributed by atoms with van der Waals surface area (Å²) in [5.74, 6) is 0.451. The average Bonchev–Trinajstić information content (AvgIpc) is 2.82. The average molecular weight is 245 g/mol. The lowest BCUT2D eigenvalue weighted by molar-refractivity contribution is 0.0706. The monoisotopic (exact) mass is 245 g/mol. The van der Waals surface area contributed by atoms with Crippen molar-refractivity contribution in [2.24, 2.45) is 0 Å². The van der Waals surface area contributed by atoms with Crippen LogP contribution in [0.5, 0.6) is 0 Å². The van der Waals surface area contributed by atoms with Crippen molar-refractivity contribution in [3.8, 4) is 0 Å². The summed E-state index contributed by atoms with van der Waals surface area (Å²) in [6, 6.07) is 2.70. The number of rotatable bonds is 2. The summed E-state index contributed by atoms with van der Waals surface area (Å²) in [6.45, 7) is 6.05. The molecule has 0 amide bonds. The smallest absolute Gasteiger partial charge is 0.107 e. The lowest BCUT2D eigenvalue weighted by atomic mass is 10.1. The van der Waals surface area contributed by atoms with Gasteiger partial charge in [-0.1, -0.05) is 13.8 Å². The van der Waals surface area contributed by atoms with Crippen LogP contribution < -0.4 is 0 Å². The molecule has 0 unspecified atom stereocenters. The summed E-state index contributed by atoms with van der Waals surface area (Å²) in [6.07, 6.45) is 5.99. The standard InChI is InChI=1S/C14H19N3O/c1-10(2)12-7-14-13(8-15-12)16-9-17(14)11-3-5-18-6-4-11/h7-11H,3-6H2,1-2H3. The van der Waals surface area contributed by atoms with E-state index in [1.54, 1.807) is 0 Å². The van der Waals surface area contributed by atoms with Crippen LogP contribution in [0.4, 0.5) is 0 Å². The highest BCUT2D eigenvalue weighted by Crippen LogP contribution is 2.26. The first-order valence-corrected chi connectivity index (χ1v) is 6.66. The van der Waals surface area contributed by atoms with Crippen LogP contribution >= 0.6 is 0 Å². The number of nitrogens with zero attached hydrogens (tertiary/aromatic N) is 3. The first-order valence-electron chi connectivity index (χ1n) is 6.66. The molecule has 96 valence electrons. The quantitative estimate of drug-likeness (QED) is 0.816. The van der Waals surface area contributed by atoms with E-state index in [9.17, 15) is 0 Å². The number of hydrogen-bond donors (Lipinski definition) is 0. The fourth-order valence-electron chi connectivity index (χ4n) is 2.52. The lowest BCUT2D eigenvalue weighted by Crippen LogP contribution is -2.19. The third-order valence-electron chi connectivity index (χ3n) is 3.66. The summed E-state index contributed by atoms with van der Waals surface area (Å²) in [5.41, 5.74) is 3.34. The predicted octanol–water partition coefficient (Wildman–Crippen LogP) is 2.91. The molecule has 4 heteroatoms. The molecule has 0 N–H and O–H groups in total. The fraction of sp³-hybridized carbons (Fsp3) is 0.571. The normalized spacial score (nSPS) is 17.7. The second-order valence-electron chi connectivity index (χ2n) is 5.25. The molecule has 3 rings (SSSR count). The first kappa shape index (κ1) is 11.7. The molecule has 4 nitrogen and oxygen atoms in total. The van der Waals surface area contributed by atoms with Gasteiger partial charge in [-0.05, 0) is 24.8 Å². The van der Waals surface area contributed by atoms with Crippen molar-refractivity contribution in [1.82, 2.24) is 14.5 Å². The second-order valence-corrected chi connectivity index (χ2v) is 5.25. The lowest BCUT2D eigenvalue weighted by Gasteiger charge is -2.24. The highest BCUT2D eigenvalue weighted by Gasteiger charge is 2.18. The third-order valence-corrected chi connectivity index (χ3v) is 3.66. The maximum Gasteiger partial charge on any atom is 0.107 e. The number of aromatic nitrogens is 3. The van der Waals surface area contributed by atoms with E-state index in [4.69, 9.17) is 4.74 Å². The van der Waals surface area contributed by atoms with Gasteiger partial charge in [-0.2, -0.15) is 0 Å². The molecule has 0 bridgehead atoms. The van der Waals surface area contributed by atoms with E-state index in [-0.39, 0.29) is 0 Å². The maximum absolute atomic E-state index is 5.43. The molecule has 1 saturated heterocycles. The Morgan fingerprint density at radius 1 is 1.28 bits per heavy atom. The van der Waals surface area contributed by atoms with Gasteiger partial charge in [0, 0.05) is 24.9 Å². The molecule has 0 aromatic carbocycles. The molecular weight excluding hydrogens is 226 g/mol. The minimum atomic E-state index is 0.451. The number of ether oxygens (including phenoxy) is 1. The molecule has 18 heavy (non-hydrogen) atoms. The van der Waals surface area contributed by atoms with Gasteiger partial charge >= 0.3 is 0 Å². The molecule has 1 aliphatic heterocycles. The SMILES string of the molecule is CC(C)c1cc2c(cn1)ncn2C1CCOCC1. The largest absolute Gasteiger partial charge is 0.381 e. The highest BCUT2D eigenvalue weighted by atomic mass is 16.5. The van der Waals surface area contributed by atoms with Gasteiger partial charge in [0.1, 0.15) is 5.52 Å². The van der Waals surface area contributed by atoms with E-state index in [2.05, 4.69) is 34.4 Å². The summed E-state index contributed by atoms with van der Waals surface area (Å²) in [7, 11) is 0. The van der Waals surface area contributed by atoms with Gasteiger partial charge in [-0.3, -0.25) is 4.98 Å². The van der Waals surface area contributed by atoms with Gasteiger partial charge in [-0.15, -0.1) is 0 Å². The van der Waals surface area contributed by atoms with Crippen molar-refractivity contribution < 1.29 is 4.74 Å². The summed E-state index contributed by atoms with van der Waals surface area (Å²) in [5, 5.41) is 0. The molecule has 0 saturated carbocycles. The first-order chi connectivity index (χ1) is 8.75. The predicted molar refractivity (Wildman–Crippen MR) is 70.7 cm³/mol. The molecular formula is C14H19N3O. The van der Waals surface area contributed by atoms with Gasteiger partial charge < -0.3 is 9.30 Å². The molecule has 3 heterocycles. The van der Waals surface area contributed by atoms with Crippen LogP contribution in [-0.2, 0) is 4.74 Å². The van der Waals surface area contributed by atoms with Crippen LogP contribution in [0.2, 0.25) is 0 Å². The van der Waals surface area contributed by atoms with Crippen molar-refractivity contribution in [3.63, 3.8) is 0 Å². The van der Waals surface area contributed by atoms with E-state index in [1.807, 2.05) is 12.5 Å². The van der Waals surface area contributed by atoms with Crippen molar-refractivity contribution in [2.45, 2.75) is 38.6 Å². The summed E-state index contributed by atoms with van der Waals surface area (Å²) >= 11 is 0. The number of imidazole rings is 1. The Labute approximate surface area is 107 Å². The van der Waals surface area contributed by atoms with Crippen LogP contribution in [0.15, 0.2) is 18.6 Å². The van der Waals surface area contributed by atoms with Crippen molar-refractivity contribution in [1.29, 1.82) is 0 Å². The Hall–Kier alpha value is -1.42. The van der Waals surface area contributed by atoms with Crippen LogP contribution in [0.3, 0.4) is 0 Å². The number of fused-ring (bicyclic) bond motifs is 1. The topological polar surface area (TPSA) is 39.9 Å². The molecule has 1 aliphatic rings. The molecule has 2 aromatic heterocycles. The zero-order valence-corrected chi connectivity index (χ0v) is 11.0. The third kappa shape index (κ3) is 2.01. The van der Waals surface area contributed by atoms with Crippen molar-refractivity contribution in [2.75, 3.05) is 13.2 Å². The fourth-order valence-corrected chi connectivity index (χ4v) is 2.52. The van der Waals surface area contributed by atoms with Gasteiger partial charge in [0.15, 0.2) is 0 Å². The minimum absolute atomic E-state index is 0.451. The van der Waals surface area contributed by atoms with E-state index in [0.717, 1.165) is 37.3 Å². The summed E-state index contributed by atoms with van der Waals surface area (Å²) in [4.78, 5) is 8.92. The van der Waals surface area contributed by atoms with E-state index < -0.39 is 0 Å².